The molecule has 0 aliphatic carbocycles. The number of hydrogen-bond acceptors (Lipinski definition) is 3. The van der Waals surface area contributed by atoms with Gasteiger partial charge in [-0.3, -0.25) is 0 Å². The molecule has 1 aromatic carbocycles. The van der Waals surface area contributed by atoms with E-state index in [1.54, 1.807) is 12.1 Å². The Balaban J connectivity index is 2.03. The minimum Gasteiger partial charge on any atom is -0.361 e. The van der Waals surface area contributed by atoms with Crippen molar-refractivity contribution >= 4 is 23.2 Å². The number of nitrogens with one attached hydrogen (secondary N) is 1. The normalized spacial score (nSPS) is 12.7. The van der Waals surface area contributed by atoms with Gasteiger partial charge in [-0.15, -0.1) is 0 Å². The molecule has 2 rings (SSSR count). The fourth-order valence-electron chi connectivity index (χ4n) is 1.72. The van der Waals surface area contributed by atoms with Crippen molar-refractivity contribution in [1.29, 1.82) is 0 Å². The molecule has 0 amide bonds. The van der Waals surface area contributed by atoms with Crippen LogP contribution in [0, 0.1) is 6.92 Å². The lowest BCUT2D eigenvalue weighted by atomic mass is 10.1. The second-order valence-electron chi connectivity index (χ2n) is 4.20. The van der Waals surface area contributed by atoms with E-state index in [0.29, 0.717) is 16.6 Å². The van der Waals surface area contributed by atoms with E-state index < -0.39 is 0 Å². The quantitative estimate of drug-likeness (QED) is 0.917. The Labute approximate surface area is 116 Å². The van der Waals surface area contributed by atoms with Crippen LogP contribution in [0.3, 0.4) is 0 Å². The first-order chi connectivity index (χ1) is 8.56. The highest BCUT2D eigenvalue weighted by Crippen LogP contribution is 2.26. The fourth-order valence-corrected chi connectivity index (χ4v) is 2.18. The number of rotatable bonds is 4. The summed E-state index contributed by atoms with van der Waals surface area (Å²) in [6.45, 7) is 4.53. The molecule has 5 heteroatoms. The van der Waals surface area contributed by atoms with Crippen molar-refractivity contribution in [2.24, 2.45) is 0 Å². The van der Waals surface area contributed by atoms with Gasteiger partial charge in [-0.1, -0.05) is 28.4 Å². The minimum absolute atomic E-state index is 0.0909. The topological polar surface area (TPSA) is 38.1 Å². The van der Waals surface area contributed by atoms with Crippen LogP contribution in [0.15, 0.2) is 28.8 Å². The molecule has 0 spiro atoms. The van der Waals surface area contributed by atoms with E-state index in [2.05, 4.69) is 10.5 Å². The van der Waals surface area contributed by atoms with Crippen molar-refractivity contribution in [3.05, 3.63) is 51.3 Å². The van der Waals surface area contributed by atoms with Crippen LogP contribution in [-0.2, 0) is 6.54 Å². The van der Waals surface area contributed by atoms with Crippen molar-refractivity contribution in [3.63, 3.8) is 0 Å². The Bertz CT molecular complexity index is 540. The smallest absolute Gasteiger partial charge is 0.133 e. The van der Waals surface area contributed by atoms with Gasteiger partial charge in [0.05, 0.1) is 5.69 Å². The molecule has 3 nitrogen and oxygen atoms in total. The van der Waals surface area contributed by atoms with Crippen LogP contribution in [-0.4, -0.2) is 5.16 Å². The molecule has 0 fully saturated rings. The Morgan fingerprint density at radius 2 is 2.11 bits per heavy atom. The molecule has 0 bridgehead atoms. The molecule has 1 unspecified atom stereocenters. The molecular formula is C13H14Cl2N2O. The number of benzene rings is 1. The van der Waals surface area contributed by atoms with Crippen LogP contribution < -0.4 is 5.32 Å². The van der Waals surface area contributed by atoms with Gasteiger partial charge >= 0.3 is 0 Å². The highest BCUT2D eigenvalue weighted by Gasteiger charge is 2.10. The SMILES string of the molecule is Cc1cc(CNC(C)c2cc(Cl)ccc2Cl)no1. The van der Waals surface area contributed by atoms with Crippen molar-refractivity contribution in [2.45, 2.75) is 26.4 Å². The number of hydrogen-bond donors (Lipinski definition) is 1. The summed E-state index contributed by atoms with van der Waals surface area (Å²) in [6.07, 6.45) is 0. The van der Waals surface area contributed by atoms with Gasteiger partial charge < -0.3 is 9.84 Å². The third kappa shape index (κ3) is 3.25. The zero-order valence-electron chi connectivity index (χ0n) is 10.2. The molecule has 96 valence electrons. The summed E-state index contributed by atoms with van der Waals surface area (Å²) >= 11 is 12.1. The van der Waals surface area contributed by atoms with Crippen molar-refractivity contribution < 1.29 is 4.52 Å². The van der Waals surface area contributed by atoms with Gasteiger partial charge in [0.2, 0.25) is 0 Å². The van der Waals surface area contributed by atoms with Crippen LogP contribution in [0.2, 0.25) is 10.0 Å². The number of aryl methyl sites for hydroxylation is 1. The van der Waals surface area contributed by atoms with E-state index in [0.717, 1.165) is 17.0 Å². The highest BCUT2D eigenvalue weighted by molar-refractivity contribution is 6.33. The monoisotopic (exact) mass is 284 g/mol. The molecule has 1 atom stereocenters. The lowest BCUT2D eigenvalue weighted by Crippen LogP contribution is -2.18. The molecule has 1 heterocycles. The maximum absolute atomic E-state index is 6.14. The average Bonchev–Trinajstić information content (AvgIpc) is 2.75. The summed E-state index contributed by atoms with van der Waals surface area (Å²) in [5.41, 5.74) is 1.85. The second kappa shape index (κ2) is 5.74. The van der Waals surface area contributed by atoms with Crippen LogP contribution in [0.25, 0.3) is 0 Å². The van der Waals surface area contributed by atoms with E-state index in [9.17, 15) is 0 Å². The molecule has 0 radical (unpaired) electrons. The van der Waals surface area contributed by atoms with Crippen LogP contribution >= 0.6 is 23.2 Å². The zero-order valence-corrected chi connectivity index (χ0v) is 11.7. The summed E-state index contributed by atoms with van der Waals surface area (Å²) in [5, 5.41) is 8.64. The Kier molecular flexibility index (Phi) is 4.27. The fraction of sp³-hybridized carbons (Fsp3) is 0.308. The van der Waals surface area contributed by atoms with E-state index in [1.165, 1.54) is 0 Å². The average molecular weight is 285 g/mol. The first kappa shape index (κ1) is 13.4. The Morgan fingerprint density at radius 3 is 2.78 bits per heavy atom. The van der Waals surface area contributed by atoms with E-state index in [4.69, 9.17) is 27.7 Å². The molecule has 0 aliphatic heterocycles. The third-order valence-corrected chi connectivity index (χ3v) is 3.27. The van der Waals surface area contributed by atoms with E-state index in [1.807, 2.05) is 26.0 Å². The maximum Gasteiger partial charge on any atom is 0.133 e. The minimum atomic E-state index is 0.0909. The first-order valence-corrected chi connectivity index (χ1v) is 6.42. The lowest BCUT2D eigenvalue weighted by molar-refractivity contribution is 0.386. The van der Waals surface area contributed by atoms with Gasteiger partial charge in [-0.25, -0.2) is 0 Å². The predicted octanol–water partition coefficient (Wildman–Crippen LogP) is 4.14. The predicted molar refractivity (Wildman–Crippen MR) is 73.0 cm³/mol. The Morgan fingerprint density at radius 1 is 1.33 bits per heavy atom. The van der Waals surface area contributed by atoms with Gasteiger partial charge in [-0.05, 0) is 37.6 Å². The molecule has 1 N–H and O–H groups in total. The van der Waals surface area contributed by atoms with Crippen LogP contribution in [0.1, 0.15) is 30.0 Å². The second-order valence-corrected chi connectivity index (χ2v) is 5.04. The number of halogens is 2. The first-order valence-electron chi connectivity index (χ1n) is 5.67. The molecule has 0 aliphatic rings. The molecule has 2 aromatic rings. The molecule has 0 saturated heterocycles. The standard InChI is InChI=1S/C13H14Cl2N2O/c1-8-5-11(17-18-8)7-16-9(2)12-6-10(14)3-4-13(12)15/h3-6,9,16H,7H2,1-2H3. The summed E-state index contributed by atoms with van der Waals surface area (Å²) < 4.78 is 5.01. The van der Waals surface area contributed by atoms with Crippen LogP contribution in [0.4, 0.5) is 0 Å². The van der Waals surface area contributed by atoms with Gasteiger partial charge in [0.1, 0.15) is 5.76 Å². The summed E-state index contributed by atoms with van der Waals surface area (Å²) in [7, 11) is 0. The highest BCUT2D eigenvalue weighted by atomic mass is 35.5. The molecule has 18 heavy (non-hydrogen) atoms. The third-order valence-electron chi connectivity index (χ3n) is 2.69. The molecular weight excluding hydrogens is 271 g/mol. The summed E-state index contributed by atoms with van der Waals surface area (Å²) in [4.78, 5) is 0. The number of aromatic nitrogens is 1. The largest absolute Gasteiger partial charge is 0.361 e. The Hall–Kier alpha value is -1.03. The van der Waals surface area contributed by atoms with Crippen molar-refractivity contribution in [3.8, 4) is 0 Å². The number of nitrogens with zero attached hydrogens (tertiary/aromatic N) is 1. The molecule has 0 saturated carbocycles. The van der Waals surface area contributed by atoms with Crippen molar-refractivity contribution in [1.82, 2.24) is 10.5 Å². The van der Waals surface area contributed by atoms with Crippen LogP contribution in [0.5, 0.6) is 0 Å². The van der Waals surface area contributed by atoms with Gasteiger partial charge in [0, 0.05) is 28.7 Å². The van der Waals surface area contributed by atoms with Crippen molar-refractivity contribution in [2.75, 3.05) is 0 Å². The van der Waals surface area contributed by atoms with E-state index in [-0.39, 0.29) is 6.04 Å². The molecule has 1 aromatic heterocycles. The maximum atomic E-state index is 6.14. The zero-order chi connectivity index (χ0) is 13.1. The van der Waals surface area contributed by atoms with E-state index >= 15 is 0 Å². The summed E-state index contributed by atoms with van der Waals surface area (Å²) in [5.74, 6) is 0.806. The van der Waals surface area contributed by atoms with Gasteiger partial charge in [0.15, 0.2) is 0 Å². The van der Waals surface area contributed by atoms with Gasteiger partial charge in [0.25, 0.3) is 0 Å². The lowest BCUT2D eigenvalue weighted by Gasteiger charge is -2.15. The summed E-state index contributed by atoms with van der Waals surface area (Å²) in [6, 6.07) is 7.45. The van der Waals surface area contributed by atoms with Gasteiger partial charge in [-0.2, -0.15) is 0 Å².